The Kier molecular flexibility index (Phi) is 3.30. The molecule has 0 heterocycles. The molecule has 0 aromatic rings. The number of nitriles is 1. The molecule has 0 aromatic carbocycles. The van der Waals surface area contributed by atoms with E-state index >= 15 is 0 Å². The Morgan fingerprint density at radius 2 is 1.56 bits per heavy atom. The maximum Gasteiger partial charge on any atom is 0.0655 e. The van der Waals surface area contributed by atoms with Crippen LogP contribution in [0.2, 0.25) is 0 Å². The Bertz CT molecular complexity index is 110. The van der Waals surface area contributed by atoms with Crippen molar-refractivity contribution in [1.82, 2.24) is 0 Å². The van der Waals surface area contributed by atoms with E-state index in [4.69, 9.17) is 5.26 Å². The zero-order valence-corrected chi connectivity index (χ0v) is 6.68. The lowest BCUT2D eigenvalue weighted by Gasteiger charge is -2.16. The van der Waals surface area contributed by atoms with Crippen LogP contribution in [0.15, 0.2) is 0 Å². The van der Waals surface area contributed by atoms with Crippen LogP contribution in [0.4, 0.5) is 0 Å². The standard InChI is InChI=1S/C8H15N/c1-6(2)8(4)7(3)5-9/h6-8H,1-4H3/t7-,8+/m1/s1. The minimum atomic E-state index is 0.199. The lowest BCUT2D eigenvalue weighted by Crippen LogP contribution is -2.11. The van der Waals surface area contributed by atoms with Crippen LogP contribution in [0, 0.1) is 29.1 Å². The quantitative estimate of drug-likeness (QED) is 0.556. The molecule has 0 rings (SSSR count). The van der Waals surface area contributed by atoms with Gasteiger partial charge in [-0.1, -0.05) is 20.8 Å². The highest BCUT2D eigenvalue weighted by Gasteiger charge is 2.13. The van der Waals surface area contributed by atoms with Crippen LogP contribution in [-0.2, 0) is 0 Å². The summed E-state index contributed by atoms with van der Waals surface area (Å²) in [5, 5.41) is 8.50. The average molecular weight is 125 g/mol. The molecule has 9 heavy (non-hydrogen) atoms. The van der Waals surface area contributed by atoms with Gasteiger partial charge in [0.2, 0.25) is 0 Å². The third-order valence-electron chi connectivity index (χ3n) is 2.04. The van der Waals surface area contributed by atoms with E-state index < -0.39 is 0 Å². The molecular formula is C8H15N. The molecule has 1 nitrogen and oxygen atoms in total. The molecular weight excluding hydrogens is 110 g/mol. The van der Waals surface area contributed by atoms with Gasteiger partial charge in [0.05, 0.1) is 6.07 Å². The molecule has 0 aliphatic carbocycles. The van der Waals surface area contributed by atoms with Crippen molar-refractivity contribution in [2.75, 3.05) is 0 Å². The van der Waals surface area contributed by atoms with Crippen molar-refractivity contribution in [1.29, 1.82) is 5.26 Å². The van der Waals surface area contributed by atoms with E-state index in [-0.39, 0.29) is 5.92 Å². The van der Waals surface area contributed by atoms with E-state index in [1.54, 1.807) is 0 Å². The van der Waals surface area contributed by atoms with Crippen LogP contribution in [0.1, 0.15) is 27.7 Å². The van der Waals surface area contributed by atoms with Crippen molar-refractivity contribution < 1.29 is 0 Å². The molecule has 0 aliphatic rings. The maximum atomic E-state index is 8.50. The molecule has 0 saturated carbocycles. The van der Waals surface area contributed by atoms with Gasteiger partial charge in [0.25, 0.3) is 0 Å². The Hall–Kier alpha value is -0.510. The highest BCUT2D eigenvalue weighted by atomic mass is 14.3. The second-order valence-corrected chi connectivity index (χ2v) is 3.02. The van der Waals surface area contributed by atoms with E-state index in [0.717, 1.165) is 0 Å². The summed E-state index contributed by atoms with van der Waals surface area (Å²) in [7, 11) is 0. The minimum absolute atomic E-state index is 0.199. The topological polar surface area (TPSA) is 23.8 Å². The molecule has 0 spiro atoms. The number of nitrogens with zero attached hydrogens (tertiary/aromatic N) is 1. The summed E-state index contributed by atoms with van der Waals surface area (Å²) in [5.41, 5.74) is 0. The van der Waals surface area contributed by atoms with Gasteiger partial charge in [-0.3, -0.25) is 0 Å². The van der Waals surface area contributed by atoms with E-state index in [1.165, 1.54) is 0 Å². The Balaban J connectivity index is 3.76. The molecule has 0 fully saturated rings. The molecule has 0 unspecified atom stereocenters. The van der Waals surface area contributed by atoms with E-state index in [0.29, 0.717) is 11.8 Å². The first kappa shape index (κ1) is 8.49. The van der Waals surface area contributed by atoms with Crippen molar-refractivity contribution in [3.63, 3.8) is 0 Å². The first-order valence-electron chi connectivity index (χ1n) is 3.49. The fourth-order valence-electron chi connectivity index (χ4n) is 0.695. The van der Waals surface area contributed by atoms with Gasteiger partial charge in [-0.25, -0.2) is 0 Å². The van der Waals surface area contributed by atoms with Gasteiger partial charge >= 0.3 is 0 Å². The molecule has 0 saturated heterocycles. The Labute approximate surface area is 57.7 Å². The zero-order valence-electron chi connectivity index (χ0n) is 6.68. The normalized spacial score (nSPS) is 16.9. The number of rotatable bonds is 2. The molecule has 0 aromatic heterocycles. The lowest BCUT2D eigenvalue weighted by molar-refractivity contribution is 0.348. The summed E-state index contributed by atoms with van der Waals surface area (Å²) >= 11 is 0. The predicted octanol–water partition coefficient (Wildman–Crippen LogP) is 2.44. The predicted molar refractivity (Wildman–Crippen MR) is 38.8 cm³/mol. The van der Waals surface area contributed by atoms with Gasteiger partial charge in [0, 0.05) is 5.92 Å². The fourth-order valence-corrected chi connectivity index (χ4v) is 0.695. The minimum Gasteiger partial charge on any atom is -0.198 e. The van der Waals surface area contributed by atoms with Gasteiger partial charge < -0.3 is 0 Å². The summed E-state index contributed by atoms with van der Waals surface area (Å²) < 4.78 is 0. The monoisotopic (exact) mass is 125 g/mol. The van der Waals surface area contributed by atoms with Crippen molar-refractivity contribution in [3.05, 3.63) is 0 Å². The van der Waals surface area contributed by atoms with Crippen molar-refractivity contribution >= 4 is 0 Å². The second-order valence-electron chi connectivity index (χ2n) is 3.02. The van der Waals surface area contributed by atoms with Crippen LogP contribution in [0.5, 0.6) is 0 Å². The SMILES string of the molecule is CC(C)[C@H](C)[C@H](C)C#N. The summed E-state index contributed by atoms with van der Waals surface area (Å²) in [6, 6.07) is 2.25. The van der Waals surface area contributed by atoms with Crippen molar-refractivity contribution in [3.8, 4) is 6.07 Å². The van der Waals surface area contributed by atoms with Gasteiger partial charge in [-0.05, 0) is 18.8 Å². The Morgan fingerprint density at radius 3 is 1.67 bits per heavy atom. The smallest absolute Gasteiger partial charge is 0.0655 e. The van der Waals surface area contributed by atoms with E-state index in [1.807, 2.05) is 6.92 Å². The number of hydrogen-bond acceptors (Lipinski definition) is 1. The van der Waals surface area contributed by atoms with Crippen LogP contribution in [-0.4, -0.2) is 0 Å². The molecule has 0 bridgehead atoms. The van der Waals surface area contributed by atoms with E-state index in [9.17, 15) is 0 Å². The summed E-state index contributed by atoms with van der Waals surface area (Å²) in [5.74, 6) is 1.35. The van der Waals surface area contributed by atoms with Crippen molar-refractivity contribution in [2.24, 2.45) is 17.8 Å². The zero-order chi connectivity index (χ0) is 7.44. The summed E-state index contributed by atoms with van der Waals surface area (Å²) in [6.45, 7) is 8.40. The van der Waals surface area contributed by atoms with Crippen LogP contribution >= 0.6 is 0 Å². The highest BCUT2D eigenvalue weighted by Crippen LogP contribution is 2.18. The van der Waals surface area contributed by atoms with E-state index in [2.05, 4.69) is 26.8 Å². The molecule has 0 radical (unpaired) electrons. The first-order valence-corrected chi connectivity index (χ1v) is 3.49. The van der Waals surface area contributed by atoms with Crippen LogP contribution in [0.3, 0.4) is 0 Å². The highest BCUT2D eigenvalue weighted by molar-refractivity contribution is 4.83. The third-order valence-corrected chi connectivity index (χ3v) is 2.04. The second kappa shape index (κ2) is 3.50. The van der Waals surface area contributed by atoms with Gasteiger partial charge in [0.15, 0.2) is 0 Å². The largest absolute Gasteiger partial charge is 0.198 e. The third kappa shape index (κ3) is 2.51. The summed E-state index contributed by atoms with van der Waals surface area (Å²) in [4.78, 5) is 0. The maximum absolute atomic E-state index is 8.50. The molecule has 2 atom stereocenters. The van der Waals surface area contributed by atoms with Crippen LogP contribution < -0.4 is 0 Å². The van der Waals surface area contributed by atoms with Crippen molar-refractivity contribution in [2.45, 2.75) is 27.7 Å². The molecule has 1 heteroatoms. The molecule has 0 N–H and O–H groups in total. The van der Waals surface area contributed by atoms with Gasteiger partial charge in [-0.15, -0.1) is 0 Å². The molecule has 0 aliphatic heterocycles. The lowest BCUT2D eigenvalue weighted by atomic mass is 9.87. The average Bonchev–Trinajstić information content (AvgIpc) is 1.84. The van der Waals surface area contributed by atoms with Gasteiger partial charge in [0.1, 0.15) is 0 Å². The first-order chi connectivity index (χ1) is 4.09. The molecule has 0 amide bonds. The Morgan fingerprint density at radius 1 is 1.11 bits per heavy atom. The van der Waals surface area contributed by atoms with Gasteiger partial charge in [-0.2, -0.15) is 5.26 Å². The fraction of sp³-hybridized carbons (Fsp3) is 0.875. The number of hydrogen-bond donors (Lipinski definition) is 0. The molecule has 52 valence electrons. The summed E-state index contributed by atoms with van der Waals surface area (Å²) in [6.07, 6.45) is 0. The van der Waals surface area contributed by atoms with Crippen LogP contribution in [0.25, 0.3) is 0 Å².